The SMILES string of the molecule is CC(CC(C)OC(C)(C)C)NC(C)C(C)N1CCN(C(C)(C)C)CC1. The van der Waals surface area contributed by atoms with E-state index in [9.17, 15) is 0 Å². The molecule has 4 nitrogen and oxygen atoms in total. The summed E-state index contributed by atoms with van der Waals surface area (Å²) in [6, 6.07) is 1.51. The van der Waals surface area contributed by atoms with Gasteiger partial charge in [0.2, 0.25) is 0 Å². The predicted molar refractivity (Wildman–Crippen MR) is 109 cm³/mol. The molecule has 0 saturated carbocycles. The second-order valence-electron chi connectivity index (χ2n) is 10.1. The first-order valence-electron chi connectivity index (χ1n) is 10.2. The van der Waals surface area contributed by atoms with Crippen molar-refractivity contribution >= 4 is 0 Å². The number of nitrogens with zero attached hydrogens (tertiary/aromatic N) is 2. The maximum absolute atomic E-state index is 6.05. The molecule has 1 saturated heterocycles. The van der Waals surface area contributed by atoms with Crippen LogP contribution in [0.5, 0.6) is 0 Å². The number of piperazine rings is 1. The van der Waals surface area contributed by atoms with Crippen LogP contribution in [0.4, 0.5) is 0 Å². The van der Waals surface area contributed by atoms with Gasteiger partial charge in [0.1, 0.15) is 0 Å². The summed E-state index contributed by atoms with van der Waals surface area (Å²) in [5.41, 5.74) is 0.224. The Morgan fingerprint density at radius 1 is 0.880 bits per heavy atom. The molecule has 0 aromatic heterocycles. The van der Waals surface area contributed by atoms with Gasteiger partial charge in [-0.3, -0.25) is 9.80 Å². The highest BCUT2D eigenvalue weighted by Gasteiger charge is 2.29. The molecule has 4 unspecified atom stereocenters. The quantitative estimate of drug-likeness (QED) is 0.753. The molecule has 25 heavy (non-hydrogen) atoms. The molecule has 150 valence electrons. The second kappa shape index (κ2) is 9.16. The van der Waals surface area contributed by atoms with Crippen molar-refractivity contribution in [3.05, 3.63) is 0 Å². The van der Waals surface area contributed by atoms with Gasteiger partial charge < -0.3 is 10.1 Å². The molecule has 1 heterocycles. The van der Waals surface area contributed by atoms with Crippen molar-refractivity contribution in [3.63, 3.8) is 0 Å². The Bertz CT molecular complexity index is 378. The lowest BCUT2D eigenvalue weighted by atomic mass is 10.0. The first kappa shape index (κ1) is 22.9. The lowest BCUT2D eigenvalue weighted by Crippen LogP contribution is -2.58. The molecular formula is C21H45N3O. The van der Waals surface area contributed by atoms with E-state index in [1.165, 1.54) is 26.2 Å². The monoisotopic (exact) mass is 355 g/mol. The first-order valence-corrected chi connectivity index (χ1v) is 10.2. The van der Waals surface area contributed by atoms with Crippen LogP contribution in [0.3, 0.4) is 0 Å². The van der Waals surface area contributed by atoms with E-state index in [0.29, 0.717) is 18.1 Å². The van der Waals surface area contributed by atoms with E-state index in [-0.39, 0.29) is 17.2 Å². The summed E-state index contributed by atoms with van der Waals surface area (Å²) in [5.74, 6) is 0. The van der Waals surface area contributed by atoms with E-state index in [1.54, 1.807) is 0 Å². The molecule has 1 aliphatic heterocycles. The molecule has 0 spiro atoms. The zero-order chi connectivity index (χ0) is 19.4. The van der Waals surface area contributed by atoms with Crippen LogP contribution in [0, 0.1) is 0 Å². The fourth-order valence-corrected chi connectivity index (χ4v) is 3.92. The van der Waals surface area contributed by atoms with Gasteiger partial charge in [-0.25, -0.2) is 0 Å². The summed E-state index contributed by atoms with van der Waals surface area (Å²) >= 11 is 0. The van der Waals surface area contributed by atoms with Gasteiger partial charge in [-0.15, -0.1) is 0 Å². The summed E-state index contributed by atoms with van der Waals surface area (Å²) in [6.07, 6.45) is 1.33. The average molecular weight is 356 g/mol. The number of nitrogens with one attached hydrogen (secondary N) is 1. The van der Waals surface area contributed by atoms with E-state index in [2.05, 4.69) is 84.4 Å². The van der Waals surface area contributed by atoms with Gasteiger partial charge >= 0.3 is 0 Å². The molecule has 0 aromatic carbocycles. The lowest BCUT2D eigenvalue weighted by Gasteiger charge is -2.45. The molecule has 1 fully saturated rings. The van der Waals surface area contributed by atoms with Gasteiger partial charge in [-0.05, 0) is 75.7 Å². The fourth-order valence-electron chi connectivity index (χ4n) is 3.92. The Hall–Kier alpha value is -0.160. The lowest BCUT2D eigenvalue weighted by molar-refractivity contribution is -0.0575. The highest BCUT2D eigenvalue weighted by atomic mass is 16.5. The van der Waals surface area contributed by atoms with Crippen LogP contribution in [0.2, 0.25) is 0 Å². The zero-order valence-corrected chi connectivity index (χ0v) is 18.6. The zero-order valence-electron chi connectivity index (χ0n) is 18.6. The van der Waals surface area contributed by atoms with Gasteiger partial charge in [-0.2, -0.15) is 0 Å². The van der Waals surface area contributed by atoms with E-state index in [4.69, 9.17) is 4.74 Å². The highest BCUT2D eigenvalue weighted by molar-refractivity contribution is 4.87. The maximum Gasteiger partial charge on any atom is 0.0602 e. The summed E-state index contributed by atoms with van der Waals surface area (Å²) in [5, 5.41) is 3.80. The van der Waals surface area contributed by atoms with Gasteiger partial charge in [0.05, 0.1) is 11.7 Å². The van der Waals surface area contributed by atoms with Gasteiger partial charge in [0.15, 0.2) is 0 Å². The Labute approximate surface area is 157 Å². The van der Waals surface area contributed by atoms with Crippen molar-refractivity contribution in [1.29, 1.82) is 0 Å². The number of hydrogen-bond acceptors (Lipinski definition) is 4. The van der Waals surface area contributed by atoms with E-state index in [0.717, 1.165) is 6.42 Å². The number of hydrogen-bond donors (Lipinski definition) is 1. The summed E-state index contributed by atoms with van der Waals surface area (Å²) in [6.45, 7) is 27.2. The minimum Gasteiger partial charge on any atom is -0.373 e. The van der Waals surface area contributed by atoms with Crippen LogP contribution in [0.25, 0.3) is 0 Å². The molecule has 0 aromatic rings. The van der Waals surface area contributed by atoms with Gasteiger partial charge in [0.25, 0.3) is 0 Å². The van der Waals surface area contributed by atoms with Gasteiger partial charge in [0, 0.05) is 49.8 Å². The number of ether oxygens (including phenoxy) is 1. The maximum atomic E-state index is 6.05. The molecule has 1 N–H and O–H groups in total. The third kappa shape index (κ3) is 8.38. The topological polar surface area (TPSA) is 27.7 Å². The standard InChI is InChI=1S/C21H45N3O/c1-16(15-17(2)25-21(8,9)10)22-18(3)19(4)23-11-13-24(14-12-23)20(5,6)7/h16-19,22H,11-15H2,1-10H3. The molecular weight excluding hydrogens is 310 g/mol. The Balaban J connectivity index is 2.40. The fraction of sp³-hybridized carbons (Fsp3) is 1.00. The molecule has 4 heteroatoms. The summed E-state index contributed by atoms with van der Waals surface area (Å²) in [4.78, 5) is 5.24. The summed E-state index contributed by atoms with van der Waals surface area (Å²) in [7, 11) is 0. The first-order chi connectivity index (χ1) is 11.3. The molecule has 1 aliphatic rings. The Kier molecular flexibility index (Phi) is 8.39. The summed E-state index contributed by atoms with van der Waals surface area (Å²) < 4.78 is 6.05. The van der Waals surface area contributed by atoms with Crippen molar-refractivity contribution in [2.75, 3.05) is 26.2 Å². The predicted octanol–water partition coefficient (Wildman–Crippen LogP) is 3.75. The van der Waals surface area contributed by atoms with E-state index < -0.39 is 0 Å². The van der Waals surface area contributed by atoms with E-state index in [1.807, 2.05) is 0 Å². The van der Waals surface area contributed by atoms with E-state index >= 15 is 0 Å². The third-order valence-corrected chi connectivity index (χ3v) is 5.35. The van der Waals surface area contributed by atoms with Crippen molar-refractivity contribution < 1.29 is 4.74 Å². The molecule has 1 rings (SSSR count). The molecule has 0 radical (unpaired) electrons. The van der Waals surface area contributed by atoms with Crippen LogP contribution in [-0.2, 0) is 4.74 Å². The van der Waals surface area contributed by atoms with Crippen molar-refractivity contribution in [2.24, 2.45) is 0 Å². The Morgan fingerprint density at radius 2 is 1.40 bits per heavy atom. The average Bonchev–Trinajstić information content (AvgIpc) is 2.43. The third-order valence-electron chi connectivity index (χ3n) is 5.35. The molecule has 4 atom stereocenters. The van der Waals surface area contributed by atoms with Crippen LogP contribution in [0.1, 0.15) is 75.7 Å². The van der Waals surface area contributed by atoms with Crippen molar-refractivity contribution in [3.8, 4) is 0 Å². The number of rotatable bonds is 7. The second-order valence-corrected chi connectivity index (χ2v) is 10.1. The minimum absolute atomic E-state index is 0.0647. The minimum atomic E-state index is -0.0647. The smallest absolute Gasteiger partial charge is 0.0602 e. The van der Waals surface area contributed by atoms with Crippen LogP contribution >= 0.6 is 0 Å². The van der Waals surface area contributed by atoms with Crippen molar-refractivity contribution in [2.45, 2.75) is 111 Å². The molecule has 0 aliphatic carbocycles. The van der Waals surface area contributed by atoms with Crippen LogP contribution in [0.15, 0.2) is 0 Å². The largest absolute Gasteiger partial charge is 0.373 e. The highest BCUT2D eigenvalue weighted by Crippen LogP contribution is 2.18. The normalized spacial score (nSPS) is 23.3. The Morgan fingerprint density at radius 3 is 1.84 bits per heavy atom. The van der Waals surface area contributed by atoms with Gasteiger partial charge in [-0.1, -0.05) is 0 Å². The molecule has 0 amide bonds. The molecule has 0 bridgehead atoms. The van der Waals surface area contributed by atoms with Crippen molar-refractivity contribution in [1.82, 2.24) is 15.1 Å². The van der Waals surface area contributed by atoms with Crippen LogP contribution in [-0.4, -0.2) is 71.3 Å². The van der Waals surface area contributed by atoms with Crippen LogP contribution < -0.4 is 5.32 Å².